The predicted molar refractivity (Wildman–Crippen MR) is 51.1 cm³/mol. The highest BCUT2D eigenvalue weighted by molar-refractivity contribution is 5.84. The summed E-state index contributed by atoms with van der Waals surface area (Å²) in [7, 11) is 0. The van der Waals surface area contributed by atoms with E-state index >= 15 is 0 Å². The molecule has 1 radical (unpaired) electrons. The number of carbonyl (C=O) groups excluding carboxylic acids is 1. The molecule has 0 heterocycles. The number of Topliss-reactive ketones (excluding diaryl/α,β-unsaturated/α-hetero) is 1. The molecule has 2 atom stereocenters. The monoisotopic (exact) mass is 187 g/mol. The van der Waals surface area contributed by atoms with Crippen LogP contribution in [0, 0.1) is 12.8 Å². The minimum Gasteiger partial charge on any atom is -0.388 e. The molecule has 0 aliphatic heterocycles. The van der Waals surface area contributed by atoms with Crippen LogP contribution in [0.3, 0.4) is 0 Å². The van der Waals surface area contributed by atoms with E-state index in [1.54, 1.807) is 0 Å². The van der Waals surface area contributed by atoms with E-state index in [0.717, 1.165) is 25.7 Å². The van der Waals surface area contributed by atoms with E-state index < -0.39 is 18.5 Å². The van der Waals surface area contributed by atoms with Crippen molar-refractivity contribution < 1.29 is 15.0 Å². The van der Waals surface area contributed by atoms with Crippen LogP contribution in [-0.4, -0.2) is 28.7 Å². The fraction of sp³-hybridized carbons (Fsp3) is 0.800. The van der Waals surface area contributed by atoms with E-state index in [0.29, 0.717) is 0 Å². The summed E-state index contributed by atoms with van der Waals surface area (Å²) >= 11 is 0. The highest BCUT2D eigenvalue weighted by atomic mass is 16.3. The summed E-state index contributed by atoms with van der Waals surface area (Å²) in [6.45, 7) is 5.19. The second kappa shape index (κ2) is 7.04. The van der Waals surface area contributed by atoms with Crippen molar-refractivity contribution in [2.75, 3.05) is 6.61 Å². The maximum absolute atomic E-state index is 10.8. The smallest absolute Gasteiger partial charge is 0.186 e. The van der Waals surface area contributed by atoms with Crippen LogP contribution >= 0.6 is 0 Å². The molecule has 0 aromatic carbocycles. The van der Waals surface area contributed by atoms with Gasteiger partial charge in [-0.3, -0.25) is 4.79 Å². The van der Waals surface area contributed by atoms with Crippen molar-refractivity contribution in [1.29, 1.82) is 0 Å². The largest absolute Gasteiger partial charge is 0.388 e. The highest BCUT2D eigenvalue weighted by Gasteiger charge is 2.20. The van der Waals surface area contributed by atoms with Crippen molar-refractivity contribution in [3.05, 3.63) is 6.92 Å². The van der Waals surface area contributed by atoms with Gasteiger partial charge >= 0.3 is 0 Å². The van der Waals surface area contributed by atoms with Crippen LogP contribution in [0.5, 0.6) is 0 Å². The van der Waals surface area contributed by atoms with Crippen molar-refractivity contribution in [3.8, 4) is 0 Å². The van der Waals surface area contributed by atoms with Crippen LogP contribution in [0.25, 0.3) is 0 Å². The molecule has 0 saturated heterocycles. The molecule has 13 heavy (non-hydrogen) atoms. The molecule has 0 aliphatic rings. The molecule has 0 fully saturated rings. The number of hydrogen-bond donors (Lipinski definition) is 2. The van der Waals surface area contributed by atoms with Gasteiger partial charge in [0.05, 0.1) is 0 Å². The molecule has 0 amide bonds. The first kappa shape index (κ1) is 12.6. The minimum absolute atomic E-state index is 0.286. The van der Waals surface area contributed by atoms with E-state index in [-0.39, 0.29) is 5.92 Å². The summed E-state index contributed by atoms with van der Waals surface area (Å²) in [6, 6.07) is 0. The van der Waals surface area contributed by atoms with Crippen LogP contribution in [0.4, 0.5) is 0 Å². The normalized spacial score (nSPS) is 15.4. The van der Waals surface area contributed by atoms with Gasteiger partial charge in [0.1, 0.15) is 12.7 Å². The average molecular weight is 187 g/mol. The Bertz CT molecular complexity index is 145. The number of carbonyl (C=O) groups is 1. The summed E-state index contributed by atoms with van der Waals surface area (Å²) in [4.78, 5) is 10.8. The first-order valence-electron chi connectivity index (χ1n) is 4.78. The first-order valence-corrected chi connectivity index (χ1v) is 4.78. The molecule has 2 N–H and O–H groups in total. The average Bonchev–Trinajstić information content (AvgIpc) is 2.15. The van der Waals surface area contributed by atoms with Gasteiger partial charge in [-0.25, -0.2) is 0 Å². The second-order valence-electron chi connectivity index (χ2n) is 3.33. The van der Waals surface area contributed by atoms with Gasteiger partial charge < -0.3 is 10.2 Å². The fourth-order valence-corrected chi connectivity index (χ4v) is 1.17. The summed E-state index contributed by atoms with van der Waals surface area (Å²) in [6.07, 6.45) is 2.81. The Hall–Kier alpha value is -0.410. The fourth-order valence-electron chi connectivity index (χ4n) is 1.17. The van der Waals surface area contributed by atoms with Crippen molar-refractivity contribution >= 4 is 5.78 Å². The summed E-state index contributed by atoms with van der Waals surface area (Å²) in [5.74, 6) is -0.817. The lowest BCUT2D eigenvalue weighted by Gasteiger charge is -2.16. The molecule has 0 bridgehead atoms. The third-order valence-corrected chi connectivity index (χ3v) is 2.11. The van der Waals surface area contributed by atoms with Gasteiger partial charge in [0.2, 0.25) is 0 Å². The summed E-state index contributed by atoms with van der Waals surface area (Å²) in [5, 5.41) is 17.8. The van der Waals surface area contributed by atoms with Gasteiger partial charge in [0, 0.05) is 0 Å². The topological polar surface area (TPSA) is 57.5 Å². The molecule has 0 spiro atoms. The van der Waals surface area contributed by atoms with Crippen molar-refractivity contribution in [3.63, 3.8) is 0 Å². The molecule has 3 heteroatoms. The SMILES string of the molecule is [CH2]C(CCCCC)C(O)C(=O)CO. The van der Waals surface area contributed by atoms with Crippen LogP contribution in [0.15, 0.2) is 0 Å². The quantitative estimate of drug-likeness (QED) is 0.583. The zero-order valence-corrected chi connectivity index (χ0v) is 8.20. The Balaban J connectivity index is 3.68. The molecule has 0 aliphatic carbocycles. The molecule has 77 valence electrons. The maximum atomic E-state index is 10.8. The lowest BCUT2D eigenvalue weighted by molar-refractivity contribution is -0.131. The third-order valence-electron chi connectivity index (χ3n) is 2.11. The standard InChI is InChI=1S/C10H19O3/c1-3-4-5-6-8(2)10(13)9(12)7-11/h8,10-11,13H,2-7H2,1H3. The zero-order chi connectivity index (χ0) is 10.3. The van der Waals surface area contributed by atoms with Gasteiger partial charge in [-0.15, -0.1) is 0 Å². The third kappa shape index (κ3) is 5.01. The van der Waals surface area contributed by atoms with E-state index in [9.17, 15) is 9.90 Å². The van der Waals surface area contributed by atoms with Gasteiger partial charge in [-0.2, -0.15) is 0 Å². The second-order valence-corrected chi connectivity index (χ2v) is 3.33. The van der Waals surface area contributed by atoms with Gasteiger partial charge in [-0.1, -0.05) is 26.2 Å². The van der Waals surface area contributed by atoms with Crippen LogP contribution < -0.4 is 0 Å². The number of ketones is 1. The lowest BCUT2D eigenvalue weighted by atomic mass is 9.95. The Morgan fingerprint density at radius 1 is 1.46 bits per heavy atom. The minimum atomic E-state index is -1.10. The number of unbranched alkanes of at least 4 members (excludes halogenated alkanes) is 2. The molecule has 0 aromatic heterocycles. The lowest BCUT2D eigenvalue weighted by Crippen LogP contribution is -2.30. The molecular formula is C10H19O3. The number of aliphatic hydroxyl groups excluding tert-OH is 2. The molecule has 0 aromatic rings. The van der Waals surface area contributed by atoms with Crippen molar-refractivity contribution in [2.24, 2.45) is 5.92 Å². The zero-order valence-electron chi connectivity index (χ0n) is 8.20. The Morgan fingerprint density at radius 2 is 2.08 bits per heavy atom. The summed E-state index contributed by atoms with van der Waals surface area (Å²) in [5.41, 5.74) is 0. The molecule has 3 nitrogen and oxygen atoms in total. The van der Waals surface area contributed by atoms with E-state index in [1.165, 1.54) is 0 Å². The molecule has 0 saturated carbocycles. The number of rotatable bonds is 7. The molecule has 0 rings (SSSR count). The Kier molecular flexibility index (Phi) is 6.82. The number of aliphatic hydroxyl groups is 2. The van der Waals surface area contributed by atoms with Gasteiger partial charge in [-0.05, 0) is 19.3 Å². The van der Waals surface area contributed by atoms with Crippen LogP contribution in [0.2, 0.25) is 0 Å². The van der Waals surface area contributed by atoms with Crippen molar-refractivity contribution in [2.45, 2.75) is 38.7 Å². The number of hydrogen-bond acceptors (Lipinski definition) is 3. The molecule has 2 unspecified atom stereocenters. The summed E-state index contributed by atoms with van der Waals surface area (Å²) < 4.78 is 0. The van der Waals surface area contributed by atoms with Gasteiger partial charge in [0.15, 0.2) is 5.78 Å². The van der Waals surface area contributed by atoms with Crippen molar-refractivity contribution in [1.82, 2.24) is 0 Å². The Morgan fingerprint density at radius 3 is 2.54 bits per heavy atom. The van der Waals surface area contributed by atoms with E-state index in [4.69, 9.17) is 5.11 Å². The maximum Gasteiger partial charge on any atom is 0.186 e. The van der Waals surface area contributed by atoms with E-state index in [1.807, 2.05) is 0 Å². The molecular weight excluding hydrogens is 168 g/mol. The highest BCUT2D eigenvalue weighted by Crippen LogP contribution is 2.13. The predicted octanol–water partition coefficient (Wildman–Crippen LogP) is 0.939. The Labute approximate surface area is 79.8 Å². The van der Waals surface area contributed by atoms with Gasteiger partial charge in [0.25, 0.3) is 0 Å². The van der Waals surface area contributed by atoms with E-state index in [2.05, 4.69) is 13.8 Å². The van der Waals surface area contributed by atoms with Crippen LogP contribution in [0.1, 0.15) is 32.6 Å². The van der Waals surface area contributed by atoms with Crippen LogP contribution in [-0.2, 0) is 4.79 Å². The first-order chi connectivity index (χ1) is 6.13.